The second-order valence-corrected chi connectivity index (χ2v) is 3.29. The Morgan fingerprint density at radius 1 is 1.40 bits per heavy atom. The molecule has 0 bridgehead atoms. The molecule has 0 fully saturated rings. The number of hydrogen-bond donors (Lipinski definition) is 2. The number of rotatable bonds is 3. The van der Waals surface area contributed by atoms with Gasteiger partial charge in [0.2, 0.25) is 0 Å². The number of para-hydroxylation sites is 1. The Labute approximate surface area is 86.4 Å². The van der Waals surface area contributed by atoms with Crippen LogP contribution in [-0.4, -0.2) is 27.7 Å². The maximum Gasteiger partial charge on any atom is 0.154 e. The average molecular weight is 205 g/mol. The third-order valence-corrected chi connectivity index (χ3v) is 2.38. The van der Waals surface area contributed by atoms with E-state index in [4.69, 9.17) is 5.11 Å². The molecule has 2 N–H and O–H groups in total. The Balaban J connectivity index is 2.70. The summed E-state index contributed by atoms with van der Waals surface area (Å²) in [5.74, 6) is 0. The maximum absolute atomic E-state index is 10.8. The molecule has 4 heteroatoms. The fourth-order valence-corrected chi connectivity index (χ4v) is 1.66. The molecule has 2 aromatic rings. The van der Waals surface area contributed by atoms with Gasteiger partial charge in [0.1, 0.15) is 0 Å². The van der Waals surface area contributed by atoms with Crippen molar-refractivity contribution in [2.75, 3.05) is 6.61 Å². The Bertz CT molecular complexity index is 490. The highest BCUT2D eigenvalue weighted by atomic mass is 16.3. The topological polar surface area (TPSA) is 62.5 Å². The SMILES string of the molecule is O=Cc1cn([C@H](O)CO)c2ccccc12. The molecule has 0 aliphatic rings. The van der Waals surface area contributed by atoms with E-state index in [2.05, 4.69) is 0 Å². The lowest BCUT2D eigenvalue weighted by Crippen LogP contribution is -2.10. The minimum Gasteiger partial charge on any atom is -0.392 e. The van der Waals surface area contributed by atoms with Gasteiger partial charge in [-0.05, 0) is 6.07 Å². The van der Waals surface area contributed by atoms with Gasteiger partial charge >= 0.3 is 0 Å². The Morgan fingerprint density at radius 2 is 2.13 bits per heavy atom. The smallest absolute Gasteiger partial charge is 0.154 e. The fraction of sp³-hybridized carbons (Fsp3) is 0.182. The van der Waals surface area contributed by atoms with Crippen molar-refractivity contribution in [2.45, 2.75) is 6.23 Å². The Morgan fingerprint density at radius 3 is 2.80 bits per heavy atom. The molecule has 4 nitrogen and oxygen atoms in total. The van der Waals surface area contributed by atoms with Crippen LogP contribution in [0.2, 0.25) is 0 Å². The van der Waals surface area contributed by atoms with Crippen molar-refractivity contribution in [2.24, 2.45) is 0 Å². The number of nitrogens with zero attached hydrogens (tertiary/aromatic N) is 1. The first kappa shape index (κ1) is 9.89. The van der Waals surface area contributed by atoms with Crippen LogP contribution in [0.1, 0.15) is 16.6 Å². The molecule has 0 saturated carbocycles. The summed E-state index contributed by atoms with van der Waals surface area (Å²) >= 11 is 0. The lowest BCUT2D eigenvalue weighted by Gasteiger charge is -2.10. The van der Waals surface area contributed by atoms with E-state index in [1.807, 2.05) is 12.1 Å². The van der Waals surface area contributed by atoms with Crippen LogP contribution in [-0.2, 0) is 0 Å². The number of carbonyl (C=O) groups is 1. The van der Waals surface area contributed by atoms with Crippen molar-refractivity contribution in [3.05, 3.63) is 36.0 Å². The van der Waals surface area contributed by atoms with Gasteiger partial charge in [-0.3, -0.25) is 4.79 Å². The maximum atomic E-state index is 10.8. The van der Waals surface area contributed by atoms with E-state index in [0.717, 1.165) is 17.2 Å². The predicted molar refractivity (Wildman–Crippen MR) is 55.7 cm³/mol. The van der Waals surface area contributed by atoms with Crippen molar-refractivity contribution >= 4 is 17.2 Å². The zero-order valence-corrected chi connectivity index (χ0v) is 8.00. The molecule has 0 radical (unpaired) electrons. The summed E-state index contributed by atoms with van der Waals surface area (Å²) in [7, 11) is 0. The lowest BCUT2D eigenvalue weighted by molar-refractivity contribution is 0.0426. The molecule has 0 spiro atoms. The molecule has 15 heavy (non-hydrogen) atoms. The first-order chi connectivity index (χ1) is 7.27. The van der Waals surface area contributed by atoms with E-state index in [9.17, 15) is 9.90 Å². The van der Waals surface area contributed by atoms with Gasteiger partial charge in [-0.2, -0.15) is 0 Å². The molecular formula is C11H11NO3. The number of aromatic nitrogens is 1. The molecule has 1 aromatic heterocycles. The van der Waals surface area contributed by atoms with Gasteiger partial charge in [0.15, 0.2) is 12.5 Å². The highest BCUT2D eigenvalue weighted by molar-refractivity contribution is 5.97. The highest BCUT2D eigenvalue weighted by Gasteiger charge is 2.11. The molecule has 1 atom stereocenters. The van der Waals surface area contributed by atoms with Crippen LogP contribution in [0, 0.1) is 0 Å². The fourth-order valence-electron chi connectivity index (χ4n) is 1.66. The van der Waals surface area contributed by atoms with Crippen molar-refractivity contribution in [3.63, 3.8) is 0 Å². The van der Waals surface area contributed by atoms with Crippen molar-refractivity contribution in [1.82, 2.24) is 4.57 Å². The molecule has 0 saturated heterocycles. The van der Waals surface area contributed by atoms with Gasteiger partial charge in [0, 0.05) is 17.1 Å². The number of hydrogen-bond acceptors (Lipinski definition) is 3. The van der Waals surface area contributed by atoms with Crippen LogP contribution in [0.3, 0.4) is 0 Å². The normalized spacial score (nSPS) is 12.9. The molecule has 1 heterocycles. The van der Waals surface area contributed by atoms with Crippen LogP contribution in [0.4, 0.5) is 0 Å². The zero-order valence-electron chi connectivity index (χ0n) is 8.00. The van der Waals surface area contributed by atoms with E-state index < -0.39 is 6.23 Å². The summed E-state index contributed by atoms with van der Waals surface area (Å²) in [6, 6.07) is 7.24. The summed E-state index contributed by atoms with van der Waals surface area (Å²) in [6.45, 7) is -0.378. The van der Waals surface area contributed by atoms with Gasteiger partial charge in [0.05, 0.1) is 12.1 Å². The van der Waals surface area contributed by atoms with E-state index in [1.54, 1.807) is 18.3 Å². The van der Waals surface area contributed by atoms with Crippen molar-refractivity contribution < 1.29 is 15.0 Å². The molecular weight excluding hydrogens is 194 g/mol. The molecule has 0 amide bonds. The van der Waals surface area contributed by atoms with Crippen molar-refractivity contribution in [1.29, 1.82) is 0 Å². The first-order valence-corrected chi connectivity index (χ1v) is 4.61. The summed E-state index contributed by atoms with van der Waals surface area (Å²) < 4.78 is 1.49. The van der Waals surface area contributed by atoms with Crippen LogP contribution in [0.15, 0.2) is 30.5 Å². The second kappa shape index (κ2) is 3.84. The van der Waals surface area contributed by atoms with Gasteiger partial charge in [-0.1, -0.05) is 18.2 Å². The van der Waals surface area contributed by atoms with E-state index in [0.29, 0.717) is 5.56 Å². The third-order valence-electron chi connectivity index (χ3n) is 2.38. The molecule has 0 aliphatic heterocycles. The van der Waals surface area contributed by atoms with Crippen molar-refractivity contribution in [3.8, 4) is 0 Å². The number of fused-ring (bicyclic) bond motifs is 1. The number of aliphatic hydroxyl groups excluding tert-OH is 2. The van der Waals surface area contributed by atoms with Gasteiger partial charge in [0.25, 0.3) is 0 Å². The van der Waals surface area contributed by atoms with Crippen LogP contribution in [0.25, 0.3) is 10.9 Å². The van der Waals surface area contributed by atoms with E-state index in [-0.39, 0.29) is 6.61 Å². The van der Waals surface area contributed by atoms with E-state index in [1.165, 1.54) is 4.57 Å². The van der Waals surface area contributed by atoms with Gasteiger partial charge in [-0.15, -0.1) is 0 Å². The molecule has 0 unspecified atom stereocenters. The molecule has 78 valence electrons. The van der Waals surface area contributed by atoms with Crippen LogP contribution < -0.4 is 0 Å². The Kier molecular flexibility index (Phi) is 2.53. The predicted octanol–water partition coefficient (Wildman–Crippen LogP) is 0.937. The third kappa shape index (κ3) is 1.54. The minimum atomic E-state index is -1.01. The summed E-state index contributed by atoms with van der Waals surface area (Å²) in [4.78, 5) is 10.8. The largest absolute Gasteiger partial charge is 0.392 e. The standard InChI is InChI=1S/C11H11NO3/c13-6-8-5-12(11(15)7-14)10-4-2-1-3-9(8)10/h1-6,11,14-15H,7H2/t11-/m1/s1. The molecule has 1 aromatic carbocycles. The number of aldehydes is 1. The summed E-state index contributed by atoms with van der Waals surface area (Å²) in [6.07, 6.45) is 1.27. The molecule has 2 rings (SSSR count). The van der Waals surface area contributed by atoms with Gasteiger partial charge in [-0.25, -0.2) is 0 Å². The number of benzene rings is 1. The minimum absolute atomic E-state index is 0.378. The Hall–Kier alpha value is -1.65. The monoisotopic (exact) mass is 205 g/mol. The lowest BCUT2D eigenvalue weighted by atomic mass is 10.2. The zero-order chi connectivity index (χ0) is 10.8. The second-order valence-electron chi connectivity index (χ2n) is 3.29. The van der Waals surface area contributed by atoms with Crippen LogP contribution >= 0.6 is 0 Å². The van der Waals surface area contributed by atoms with Crippen LogP contribution in [0.5, 0.6) is 0 Å². The highest BCUT2D eigenvalue weighted by Crippen LogP contribution is 2.22. The quantitative estimate of drug-likeness (QED) is 0.733. The number of aliphatic hydroxyl groups is 2. The summed E-state index contributed by atoms with van der Waals surface area (Å²) in [5, 5.41) is 19.2. The summed E-state index contributed by atoms with van der Waals surface area (Å²) in [5.41, 5.74) is 1.25. The van der Waals surface area contributed by atoms with E-state index >= 15 is 0 Å². The van der Waals surface area contributed by atoms with Gasteiger partial charge < -0.3 is 14.8 Å². The molecule has 0 aliphatic carbocycles. The number of carbonyl (C=O) groups excluding carboxylic acids is 1. The first-order valence-electron chi connectivity index (χ1n) is 4.61. The average Bonchev–Trinajstić information content (AvgIpc) is 2.67.